The summed E-state index contributed by atoms with van der Waals surface area (Å²) in [5.41, 5.74) is 0.397. The molecule has 0 spiro atoms. The summed E-state index contributed by atoms with van der Waals surface area (Å²) in [5.74, 6) is 0.966. The maximum Gasteiger partial charge on any atom is 0.301 e. The van der Waals surface area contributed by atoms with Crippen LogP contribution in [0.4, 0.5) is 11.5 Å². The van der Waals surface area contributed by atoms with Crippen LogP contribution in [0.1, 0.15) is 10.6 Å². The Bertz CT molecular complexity index is 841. The van der Waals surface area contributed by atoms with Gasteiger partial charge in [0.15, 0.2) is 5.76 Å². The van der Waals surface area contributed by atoms with E-state index in [4.69, 9.17) is 4.42 Å². The Kier molecular flexibility index (Phi) is 5.14. The first-order valence-corrected chi connectivity index (χ1v) is 9.55. The molecule has 1 aliphatic rings. The predicted octanol–water partition coefficient (Wildman–Crippen LogP) is 0.855. The van der Waals surface area contributed by atoms with Gasteiger partial charge in [0, 0.05) is 40.3 Å². The SMILES string of the molecule is CN(C)S(=O)(=O)Nc1ccc(N2CCN(C(=O)c3ccco3)CC2)nc1. The topological polar surface area (TPSA) is 99.0 Å². The molecular formula is C16H21N5O4S. The van der Waals surface area contributed by atoms with Gasteiger partial charge in [-0.15, -0.1) is 0 Å². The number of nitrogens with one attached hydrogen (secondary N) is 1. The monoisotopic (exact) mass is 379 g/mol. The Morgan fingerprint density at radius 3 is 2.46 bits per heavy atom. The van der Waals surface area contributed by atoms with E-state index in [9.17, 15) is 13.2 Å². The molecule has 0 atom stereocenters. The summed E-state index contributed by atoms with van der Waals surface area (Å²) >= 11 is 0. The third-order valence-corrected chi connectivity index (χ3v) is 5.55. The molecule has 26 heavy (non-hydrogen) atoms. The van der Waals surface area contributed by atoms with Crippen molar-refractivity contribution in [3.8, 4) is 0 Å². The van der Waals surface area contributed by atoms with Crippen molar-refractivity contribution in [1.29, 1.82) is 0 Å². The predicted molar refractivity (Wildman–Crippen MR) is 97.3 cm³/mol. The number of furan rings is 1. The van der Waals surface area contributed by atoms with E-state index in [1.54, 1.807) is 29.2 Å². The van der Waals surface area contributed by atoms with Gasteiger partial charge in [0.1, 0.15) is 5.82 Å². The van der Waals surface area contributed by atoms with Crippen LogP contribution in [0, 0.1) is 0 Å². The molecule has 1 saturated heterocycles. The second-order valence-electron chi connectivity index (χ2n) is 6.05. The summed E-state index contributed by atoms with van der Waals surface area (Å²) < 4.78 is 32.3. The van der Waals surface area contributed by atoms with Crippen molar-refractivity contribution in [3.63, 3.8) is 0 Å². The Labute approximate surface area is 152 Å². The number of piperazine rings is 1. The Balaban J connectivity index is 1.59. The summed E-state index contributed by atoms with van der Waals surface area (Å²) in [4.78, 5) is 20.4. The van der Waals surface area contributed by atoms with E-state index in [-0.39, 0.29) is 5.91 Å². The number of pyridine rings is 1. The van der Waals surface area contributed by atoms with E-state index in [0.29, 0.717) is 37.6 Å². The van der Waals surface area contributed by atoms with Crippen LogP contribution in [-0.4, -0.2) is 68.8 Å². The lowest BCUT2D eigenvalue weighted by Gasteiger charge is -2.35. The summed E-state index contributed by atoms with van der Waals surface area (Å²) in [6.07, 6.45) is 2.97. The molecule has 140 valence electrons. The van der Waals surface area contributed by atoms with Gasteiger partial charge in [0.2, 0.25) is 0 Å². The van der Waals surface area contributed by atoms with E-state index < -0.39 is 10.2 Å². The number of anilines is 2. The second kappa shape index (κ2) is 7.34. The minimum absolute atomic E-state index is 0.115. The lowest BCUT2D eigenvalue weighted by molar-refractivity contribution is 0.0714. The van der Waals surface area contributed by atoms with Crippen molar-refractivity contribution in [2.24, 2.45) is 0 Å². The van der Waals surface area contributed by atoms with E-state index in [2.05, 4.69) is 14.6 Å². The van der Waals surface area contributed by atoms with Gasteiger partial charge < -0.3 is 14.2 Å². The number of amides is 1. The van der Waals surface area contributed by atoms with Crippen LogP contribution >= 0.6 is 0 Å². The third kappa shape index (κ3) is 3.97. The number of aromatic nitrogens is 1. The normalized spacial score (nSPS) is 15.3. The Morgan fingerprint density at radius 2 is 1.92 bits per heavy atom. The van der Waals surface area contributed by atoms with E-state index in [1.165, 1.54) is 26.6 Å². The van der Waals surface area contributed by atoms with Crippen molar-refractivity contribution < 1.29 is 17.6 Å². The summed E-state index contributed by atoms with van der Waals surface area (Å²) in [5, 5.41) is 0. The highest BCUT2D eigenvalue weighted by atomic mass is 32.2. The van der Waals surface area contributed by atoms with Crippen molar-refractivity contribution in [2.45, 2.75) is 0 Å². The highest BCUT2D eigenvalue weighted by molar-refractivity contribution is 7.90. The average molecular weight is 379 g/mol. The zero-order valence-corrected chi connectivity index (χ0v) is 15.4. The number of hydrogen-bond acceptors (Lipinski definition) is 6. The van der Waals surface area contributed by atoms with E-state index >= 15 is 0 Å². The van der Waals surface area contributed by atoms with Crippen molar-refractivity contribution >= 4 is 27.6 Å². The molecule has 0 radical (unpaired) electrons. The average Bonchev–Trinajstić information content (AvgIpc) is 3.16. The molecule has 3 heterocycles. The maximum absolute atomic E-state index is 12.3. The number of carbonyl (C=O) groups is 1. The lowest BCUT2D eigenvalue weighted by Crippen LogP contribution is -2.49. The standard InChI is InChI=1S/C16H21N5O4S/c1-19(2)26(23,24)18-13-5-6-15(17-12-13)20-7-9-21(10-8-20)16(22)14-4-3-11-25-14/h3-6,11-12,18H,7-10H2,1-2H3. The van der Waals surface area contributed by atoms with Crippen LogP contribution in [0.15, 0.2) is 41.1 Å². The number of nitrogens with zero attached hydrogens (tertiary/aromatic N) is 4. The van der Waals surface area contributed by atoms with Crippen LogP contribution in [0.5, 0.6) is 0 Å². The van der Waals surface area contributed by atoms with Gasteiger partial charge in [-0.05, 0) is 24.3 Å². The van der Waals surface area contributed by atoms with Crippen molar-refractivity contribution in [1.82, 2.24) is 14.2 Å². The first kappa shape index (κ1) is 18.2. The van der Waals surface area contributed by atoms with Crippen LogP contribution in [0.2, 0.25) is 0 Å². The molecule has 0 aromatic carbocycles. The Hall–Kier alpha value is -2.59. The lowest BCUT2D eigenvalue weighted by atomic mass is 10.2. The van der Waals surface area contributed by atoms with Crippen LogP contribution < -0.4 is 9.62 Å². The molecule has 10 heteroatoms. The maximum atomic E-state index is 12.3. The molecule has 9 nitrogen and oxygen atoms in total. The molecule has 2 aromatic heterocycles. The summed E-state index contributed by atoms with van der Waals surface area (Å²) in [6.45, 7) is 2.41. The second-order valence-corrected chi connectivity index (χ2v) is 7.94. The molecule has 0 saturated carbocycles. The zero-order valence-electron chi connectivity index (χ0n) is 14.6. The molecule has 0 aliphatic carbocycles. The molecule has 0 bridgehead atoms. The van der Waals surface area contributed by atoms with Crippen molar-refractivity contribution in [2.75, 3.05) is 49.9 Å². The summed E-state index contributed by atoms with van der Waals surface area (Å²) in [6, 6.07) is 6.78. The number of hydrogen-bond donors (Lipinski definition) is 1. The van der Waals surface area contributed by atoms with Crippen LogP contribution in [0.3, 0.4) is 0 Å². The van der Waals surface area contributed by atoms with Gasteiger partial charge in [0.05, 0.1) is 18.1 Å². The van der Waals surface area contributed by atoms with E-state index in [1.807, 2.05) is 0 Å². The molecule has 0 unspecified atom stereocenters. The van der Waals surface area contributed by atoms with Crippen LogP contribution in [-0.2, 0) is 10.2 Å². The highest BCUT2D eigenvalue weighted by Gasteiger charge is 2.24. The quantitative estimate of drug-likeness (QED) is 0.827. The van der Waals surface area contributed by atoms with Gasteiger partial charge >= 0.3 is 10.2 Å². The van der Waals surface area contributed by atoms with Gasteiger partial charge in [-0.2, -0.15) is 12.7 Å². The van der Waals surface area contributed by atoms with Gasteiger partial charge in [-0.1, -0.05) is 0 Å². The molecule has 2 aromatic rings. The largest absolute Gasteiger partial charge is 0.459 e. The minimum atomic E-state index is -3.55. The number of rotatable bonds is 5. The first-order valence-electron chi connectivity index (χ1n) is 8.11. The van der Waals surface area contributed by atoms with Crippen LogP contribution in [0.25, 0.3) is 0 Å². The molecule has 1 aliphatic heterocycles. The fourth-order valence-corrected chi connectivity index (χ4v) is 3.17. The molecule has 1 fully saturated rings. The fraction of sp³-hybridized carbons (Fsp3) is 0.375. The van der Waals surface area contributed by atoms with Gasteiger partial charge in [0.25, 0.3) is 5.91 Å². The smallest absolute Gasteiger partial charge is 0.301 e. The van der Waals surface area contributed by atoms with Gasteiger partial charge in [-0.25, -0.2) is 4.98 Å². The third-order valence-electron chi connectivity index (χ3n) is 4.10. The summed E-state index contributed by atoms with van der Waals surface area (Å²) in [7, 11) is -0.647. The minimum Gasteiger partial charge on any atom is -0.459 e. The zero-order chi connectivity index (χ0) is 18.7. The highest BCUT2D eigenvalue weighted by Crippen LogP contribution is 2.18. The fourth-order valence-electron chi connectivity index (χ4n) is 2.57. The van der Waals surface area contributed by atoms with Crippen molar-refractivity contribution in [3.05, 3.63) is 42.5 Å². The molecular weight excluding hydrogens is 358 g/mol. The van der Waals surface area contributed by atoms with Gasteiger partial charge in [-0.3, -0.25) is 9.52 Å². The molecule has 1 N–H and O–H groups in total. The number of carbonyl (C=O) groups excluding carboxylic acids is 1. The molecule has 3 rings (SSSR count). The Morgan fingerprint density at radius 1 is 1.19 bits per heavy atom. The molecule has 1 amide bonds. The first-order chi connectivity index (χ1) is 12.4. The van der Waals surface area contributed by atoms with E-state index in [0.717, 1.165) is 10.1 Å².